The average Bonchev–Trinajstić information content (AvgIpc) is 3.36. The van der Waals surface area contributed by atoms with Gasteiger partial charge in [0.05, 0.1) is 10.6 Å². The van der Waals surface area contributed by atoms with Gasteiger partial charge in [-0.25, -0.2) is 9.97 Å². The Morgan fingerprint density at radius 3 is 2.72 bits per heavy atom. The van der Waals surface area contributed by atoms with Gasteiger partial charge in [0.1, 0.15) is 16.2 Å². The zero-order valence-electron chi connectivity index (χ0n) is 17.8. The molecular formula is C23H24N6OS2. The quantitative estimate of drug-likeness (QED) is 0.460. The number of pyridine rings is 1. The molecule has 32 heavy (non-hydrogen) atoms. The molecule has 164 valence electrons. The SMILES string of the molecule is CCN1CCN(Cc2cccc(-n3cnc4ccc(/C=C5\SC(=S)NC5=O)nc43)c2)CC1. The topological polar surface area (TPSA) is 66.3 Å². The Hall–Kier alpha value is -2.59. The molecule has 1 amide bonds. The van der Waals surface area contributed by atoms with Gasteiger partial charge >= 0.3 is 0 Å². The van der Waals surface area contributed by atoms with Crippen molar-refractivity contribution in [1.29, 1.82) is 0 Å². The van der Waals surface area contributed by atoms with E-state index in [-0.39, 0.29) is 5.91 Å². The monoisotopic (exact) mass is 464 g/mol. The summed E-state index contributed by atoms with van der Waals surface area (Å²) in [7, 11) is 0. The molecule has 2 aliphatic heterocycles. The number of imidazole rings is 1. The Kier molecular flexibility index (Phi) is 6.05. The standard InChI is InChI=1S/C23H24N6OS2/c1-2-27-8-10-28(11-9-27)14-16-4-3-5-18(12-16)29-15-24-19-7-6-17(25-21(19)29)13-20-22(30)26-23(31)32-20/h3-7,12-13,15H,2,8-11,14H2,1H3,(H,26,30,31)/b20-13-. The highest BCUT2D eigenvalue weighted by atomic mass is 32.2. The van der Waals surface area contributed by atoms with Crippen molar-refractivity contribution in [1.82, 2.24) is 29.7 Å². The molecule has 2 aromatic heterocycles. The number of nitrogens with zero attached hydrogens (tertiary/aromatic N) is 5. The van der Waals surface area contributed by atoms with Gasteiger partial charge in [-0.3, -0.25) is 14.3 Å². The highest BCUT2D eigenvalue weighted by molar-refractivity contribution is 8.26. The zero-order chi connectivity index (χ0) is 22.1. The van der Waals surface area contributed by atoms with E-state index in [1.54, 1.807) is 12.4 Å². The van der Waals surface area contributed by atoms with Crippen molar-refractivity contribution in [2.45, 2.75) is 13.5 Å². The van der Waals surface area contributed by atoms with Gasteiger partial charge in [0.25, 0.3) is 5.91 Å². The number of benzene rings is 1. The molecule has 4 heterocycles. The Morgan fingerprint density at radius 2 is 1.97 bits per heavy atom. The third-order valence-electron chi connectivity index (χ3n) is 5.84. The van der Waals surface area contributed by atoms with E-state index < -0.39 is 0 Å². The summed E-state index contributed by atoms with van der Waals surface area (Å²) in [6.45, 7) is 8.74. The summed E-state index contributed by atoms with van der Waals surface area (Å²) in [5, 5.41) is 2.64. The lowest BCUT2D eigenvalue weighted by Crippen LogP contribution is -2.45. The fraction of sp³-hybridized carbons (Fsp3) is 0.304. The maximum atomic E-state index is 12.0. The molecule has 9 heteroatoms. The number of carbonyl (C=O) groups excluding carboxylic acids is 1. The van der Waals surface area contributed by atoms with Crippen molar-refractivity contribution in [2.24, 2.45) is 0 Å². The molecule has 0 unspecified atom stereocenters. The summed E-state index contributed by atoms with van der Waals surface area (Å²) in [6, 6.07) is 12.3. The first-order chi connectivity index (χ1) is 15.6. The molecule has 0 bridgehead atoms. The number of thioether (sulfide) groups is 1. The molecule has 3 aromatic rings. The lowest BCUT2D eigenvalue weighted by Gasteiger charge is -2.34. The Balaban J connectivity index is 1.40. The minimum Gasteiger partial charge on any atom is -0.307 e. The van der Waals surface area contributed by atoms with Gasteiger partial charge < -0.3 is 10.2 Å². The number of carbonyl (C=O) groups is 1. The number of nitrogens with one attached hydrogen (secondary N) is 1. The minimum absolute atomic E-state index is 0.178. The lowest BCUT2D eigenvalue weighted by atomic mass is 10.1. The number of likely N-dealkylation sites (N-methyl/N-ethyl adjacent to an activating group) is 1. The molecule has 0 saturated carbocycles. The smallest absolute Gasteiger partial charge is 0.263 e. The molecule has 0 spiro atoms. The molecule has 1 aromatic carbocycles. The van der Waals surface area contributed by atoms with Crippen LogP contribution in [-0.2, 0) is 11.3 Å². The van der Waals surface area contributed by atoms with Gasteiger partial charge in [0.2, 0.25) is 0 Å². The normalized spacial score (nSPS) is 19.2. The van der Waals surface area contributed by atoms with E-state index >= 15 is 0 Å². The summed E-state index contributed by atoms with van der Waals surface area (Å²) in [5.41, 5.74) is 4.58. The number of amides is 1. The van der Waals surface area contributed by atoms with E-state index in [0.29, 0.717) is 14.9 Å². The summed E-state index contributed by atoms with van der Waals surface area (Å²) < 4.78 is 2.47. The fourth-order valence-electron chi connectivity index (χ4n) is 4.06. The molecular weight excluding hydrogens is 440 g/mol. The molecule has 0 aliphatic carbocycles. The second-order valence-corrected chi connectivity index (χ2v) is 9.64. The molecule has 0 radical (unpaired) electrons. The van der Waals surface area contributed by atoms with Crippen molar-refractivity contribution >= 4 is 51.4 Å². The Labute approximate surface area is 196 Å². The maximum Gasteiger partial charge on any atom is 0.263 e. The molecule has 2 fully saturated rings. The van der Waals surface area contributed by atoms with Crippen LogP contribution in [0.3, 0.4) is 0 Å². The van der Waals surface area contributed by atoms with Crippen LogP contribution in [0.1, 0.15) is 18.2 Å². The predicted octanol–water partition coefficient (Wildman–Crippen LogP) is 3.05. The van der Waals surface area contributed by atoms with Crippen LogP contribution in [0.5, 0.6) is 0 Å². The van der Waals surface area contributed by atoms with E-state index in [1.165, 1.54) is 17.3 Å². The van der Waals surface area contributed by atoms with Crippen LogP contribution in [0.25, 0.3) is 22.9 Å². The largest absolute Gasteiger partial charge is 0.307 e. The van der Waals surface area contributed by atoms with Crippen LogP contribution in [-0.4, -0.2) is 67.3 Å². The van der Waals surface area contributed by atoms with E-state index in [0.717, 1.165) is 56.1 Å². The number of hydrogen-bond acceptors (Lipinski definition) is 7. The fourth-order valence-corrected chi connectivity index (χ4v) is 5.09. The van der Waals surface area contributed by atoms with Gasteiger partial charge in [-0.2, -0.15) is 0 Å². The van der Waals surface area contributed by atoms with Crippen LogP contribution >= 0.6 is 24.0 Å². The van der Waals surface area contributed by atoms with Gasteiger partial charge in [0.15, 0.2) is 5.65 Å². The first-order valence-corrected chi connectivity index (χ1v) is 11.9. The summed E-state index contributed by atoms with van der Waals surface area (Å²) >= 11 is 6.33. The van der Waals surface area contributed by atoms with Crippen molar-refractivity contribution in [3.63, 3.8) is 0 Å². The van der Waals surface area contributed by atoms with Gasteiger partial charge in [-0.15, -0.1) is 0 Å². The molecule has 0 atom stereocenters. The van der Waals surface area contributed by atoms with Crippen LogP contribution in [0.2, 0.25) is 0 Å². The summed E-state index contributed by atoms with van der Waals surface area (Å²) in [4.78, 5) is 26.8. The summed E-state index contributed by atoms with van der Waals surface area (Å²) in [6.07, 6.45) is 3.57. The van der Waals surface area contributed by atoms with Crippen molar-refractivity contribution in [2.75, 3.05) is 32.7 Å². The molecule has 2 saturated heterocycles. The predicted molar refractivity (Wildman–Crippen MR) is 133 cm³/mol. The van der Waals surface area contributed by atoms with Crippen LogP contribution < -0.4 is 5.32 Å². The highest BCUT2D eigenvalue weighted by Gasteiger charge is 2.22. The number of hydrogen-bond donors (Lipinski definition) is 1. The maximum absolute atomic E-state index is 12.0. The van der Waals surface area contributed by atoms with Crippen LogP contribution in [0, 0.1) is 0 Å². The Morgan fingerprint density at radius 1 is 1.16 bits per heavy atom. The first-order valence-electron chi connectivity index (χ1n) is 10.7. The van der Waals surface area contributed by atoms with Crippen molar-refractivity contribution in [3.8, 4) is 5.69 Å². The van der Waals surface area contributed by atoms with Gasteiger partial charge in [-0.1, -0.05) is 43.0 Å². The van der Waals surface area contributed by atoms with E-state index in [2.05, 4.69) is 51.3 Å². The van der Waals surface area contributed by atoms with E-state index in [4.69, 9.17) is 17.2 Å². The molecule has 5 rings (SSSR count). The Bertz CT molecular complexity index is 1210. The zero-order valence-corrected chi connectivity index (χ0v) is 19.5. The molecule has 7 nitrogen and oxygen atoms in total. The summed E-state index contributed by atoms with van der Waals surface area (Å²) in [5.74, 6) is -0.178. The second-order valence-electron chi connectivity index (χ2n) is 7.93. The number of rotatable bonds is 5. The lowest BCUT2D eigenvalue weighted by molar-refractivity contribution is -0.115. The number of aromatic nitrogens is 3. The number of thiocarbonyl (C=S) groups is 1. The average molecular weight is 465 g/mol. The third-order valence-corrected chi connectivity index (χ3v) is 7.01. The number of fused-ring (bicyclic) bond motifs is 1. The van der Waals surface area contributed by atoms with Crippen molar-refractivity contribution in [3.05, 3.63) is 58.9 Å². The van der Waals surface area contributed by atoms with Crippen molar-refractivity contribution < 1.29 is 4.79 Å². The van der Waals surface area contributed by atoms with Crippen LogP contribution in [0.15, 0.2) is 47.6 Å². The van der Waals surface area contributed by atoms with Gasteiger partial charge in [-0.05, 0) is 42.4 Å². The van der Waals surface area contributed by atoms with E-state index in [1.807, 2.05) is 16.7 Å². The number of piperazine rings is 1. The third kappa shape index (κ3) is 4.47. The highest BCUT2D eigenvalue weighted by Crippen LogP contribution is 2.26. The van der Waals surface area contributed by atoms with Gasteiger partial charge in [0, 0.05) is 38.4 Å². The first kappa shape index (κ1) is 21.3. The minimum atomic E-state index is -0.178. The molecule has 1 N–H and O–H groups in total. The van der Waals surface area contributed by atoms with Crippen LogP contribution in [0.4, 0.5) is 0 Å². The molecule has 2 aliphatic rings. The van der Waals surface area contributed by atoms with E-state index in [9.17, 15) is 4.79 Å². The second kappa shape index (κ2) is 9.11.